The molecule has 1 heterocycles. The van der Waals surface area contributed by atoms with E-state index in [2.05, 4.69) is 10.6 Å². The number of hydrogen-bond acceptors (Lipinski definition) is 5. The molecule has 0 unspecified atom stereocenters. The molecule has 0 saturated carbocycles. The van der Waals surface area contributed by atoms with E-state index in [1.807, 2.05) is 44.2 Å². The Bertz CT molecular complexity index is 1300. The predicted molar refractivity (Wildman–Crippen MR) is 128 cm³/mol. The van der Waals surface area contributed by atoms with Gasteiger partial charge < -0.3 is 30.2 Å². The van der Waals surface area contributed by atoms with Gasteiger partial charge in [-0.3, -0.25) is 9.59 Å². The molecule has 0 radical (unpaired) electrons. The van der Waals surface area contributed by atoms with Crippen LogP contribution in [-0.4, -0.2) is 33.9 Å². The first-order valence-corrected chi connectivity index (χ1v) is 10.6. The van der Waals surface area contributed by atoms with Crippen LogP contribution in [-0.2, 0) is 11.8 Å². The molecule has 2 aromatic carbocycles. The van der Waals surface area contributed by atoms with E-state index in [1.165, 1.54) is 31.0 Å². The van der Waals surface area contributed by atoms with E-state index in [0.29, 0.717) is 11.3 Å². The number of ether oxygens (including phenoxy) is 1. The number of rotatable bonds is 7. The molecule has 178 valence electrons. The molecule has 0 aliphatic rings. The number of aryl methyl sites for hydroxylation is 2. The number of nitrogens with zero attached hydrogens (tertiary/aromatic N) is 1. The number of urea groups is 1. The Morgan fingerprint density at radius 1 is 1.09 bits per heavy atom. The van der Waals surface area contributed by atoms with Crippen molar-refractivity contribution in [2.45, 2.75) is 26.3 Å². The van der Waals surface area contributed by atoms with E-state index in [9.17, 15) is 24.6 Å². The Hall–Kier alpha value is -4.27. The lowest BCUT2D eigenvalue weighted by molar-refractivity contribution is -0.137. The minimum atomic E-state index is -1.13. The van der Waals surface area contributed by atoms with Gasteiger partial charge in [0, 0.05) is 18.8 Å². The maximum absolute atomic E-state index is 12.8. The summed E-state index contributed by atoms with van der Waals surface area (Å²) in [5, 5.41) is 24.5. The SMILES string of the molecule is COc1ccc(-c2ccccc2C)c(C)c1[C@H](CC(=O)O)NC(=O)Nc1c(O)ccn(C)c1=O. The number of nitrogens with one attached hydrogen (secondary N) is 2. The molecule has 9 heteroatoms. The number of carbonyl (C=O) groups excluding carboxylic acids is 1. The Labute approximate surface area is 196 Å². The van der Waals surface area contributed by atoms with Crippen LogP contribution in [0.2, 0.25) is 0 Å². The third kappa shape index (κ3) is 5.03. The third-order valence-electron chi connectivity index (χ3n) is 5.65. The van der Waals surface area contributed by atoms with Crippen molar-refractivity contribution in [1.29, 1.82) is 0 Å². The van der Waals surface area contributed by atoms with Crippen molar-refractivity contribution in [1.82, 2.24) is 9.88 Å². The van der Waals surface area contributed by atoms with Gasteiger partial charge in [0.15, 0.2) is 5.69 Å². The van der Waals surface area contributed by atoms with Gasteiger partial charge in [-0.1, -0.05) is 30.3 Å². The highest BCUT2D eigenvalue weighted by Crippen LogP contribution is 2.37. The average Bonchev–Trinajstić information content (AvgIpc) is 2.79. The molecule has 9 nitrogen and oxygen atoms in total. The van der Waals surface area contributed by atoms with Crippen LogP contribution in [0.5, 0.6) is 11.5 Å². The van der Waals surface area contributed by atoms with E-state index < -0.39 is 35.8 Å². The van der Waals surface area contributed by atoms with Crippen molar-refractivity contribution in [2.75, 3.05) is 12.4 Å². The van der Waals surface area contributed by atoms with E-state index in [1.54, 1.807) is 6.07 Å². The molecular formula is C25H27N3O6. The van der Waals surface area contributed by atoms with Gasteiger partial charge in [-0.25, -0.2) is 4.79 Å². The number of anilines is 1. The lowest BCUT2D eigenvalue weighted by Gasteiger charge is -2.24. The third-order valence-corrected chi connectivity index (χ3v) is 5.65. The number of hydrogen-bond donors (Lipinski definition) is 4. The molecule has 0 spiro atoms. The van der Waals surface area contributed by atoms with Gasteiger partial charge in [0.25, 0.3) is 5.56 Å². The van der Waals surface area contributed by atoms with Crippen LogP contribution >= 0.6 is 0 Å². The second kappa shape index (κ2) is 10.1. The zero-order valence-corrected chi connectivity index (χ0v) is 19.4. The van der Waals surface area contributed by atoms with Crippen molar-refractivity contribution in [3.8, 4) is 22.6 Å². The second-order valence-corrected chi connectivity index (χ2v) is 7.91. The Morgan fingerprint density at radius 3 is 2.44 bits per heavy atom. The molecule has 0 bridgehead atoms. The number of methoxy groups -OCH3 is 1. The fourth-order valence-corrected chi connectivity index (χ4v) is 3.93. The van der Waals surface area contributed by atoms with Crippen LogP contribution in [0.3, 0.4) is 0 Å². The molecule has 0 aliphatic heterocycles. The minimum Gasteiger partial charge on any atom is -0.505 e. The number of pyridine rings is 1. The standard InChI is InChI=1S/C25H27N3O6/c1-14-7-5-6-8-16(14)17-9-10-20(34-4)22(15(17)2)18(13-21(30)31)26-25(33)27-23-19(29)11-12-28(3)24(23)32/h5-12,18,29H,13H2,1-4H3,(H,30,31)(H2,26,27,33)/t18-/m0/s1. The molecule has 3 aromatic rings. The summed E-state index contributed by atoms with van der Waals surface area (Å²) in [4.78, 5) is 36.8. The minimum absolute atomic E-state index is 0.311. The van der Waals surface area contributed by atoms with Gasteiger partial charge in [-0.2, -0.15) is 0 Å². The maximum atomic E-state index is 12.8. The monoisotopic (exact) mass is 465 g/mol. The first-order valence-electron chi connectivity index (χ1n) is 10.6. The summed E-state index contributed by atoms with van der Waals surface area (Å²) >= 11 is 0. The molecular weight excluding hydrogens is 438 g/mol. The summed E-state index contributed by atoms with van der Waals surface area (Å²) in [5.41, 5.74) is 3.22. The van der Waals surface area contributed by atoms with Gasteiger partial charge >= 0.3 is 12.0 Å². The van der Waals surface area contributed by atoms with E-state index in [4.69, 9.17) is 4.74 Å². The summed E-state index contributed by atoms with van der Waals surface area (Å²) in [5.74, 6) is -1.12. The fourth-order valence-electron chi connectivity index (χ4n) is 3.93. The molecule has 2 amide bonds. The highest BCUT2D eigenvalue weighted by molar-refractivity contribution is 5.91. The van der Waals surface area contributed by atoms with Gasteiger partial charge in [-0.15, -0.1) is 0 Å². The van der Waals surface area contributed by atoms with Crippen LogP contribution in [0.4, 0.5) is 10.5 Å². The zero-order chi connectivity index (χ0) is 25.0. The maximum Gasteiger partial charge on any atom is 0.319 e. The predicted octanol–water partition coefficient (Wildman–Crippen LogP) is 3.72. The Balaban J connectivity index is 2.04. The van der Waals surface area contributed by atoms with Crippen molar-refractivity contribution >= 4 is 17.7 Å². The van der Waals surface area contributed by atoms with Crippen molar-refractivity contribution in [3.63, 3.8) is 0 Å². The van der Waals surface area contributed by atoms with E-state index >= 15 is 0 Å². The number of carbonyl (C=O) groups is 2. The molecule has 0 fully saturated rings. The molecule has 4 N–H and O–H groups in total. The molecule has 0 saturated heterocycles. The van der Waals surface area contributed by atoms with Gasteiger partial charge in [0.1, 0.15) is 11.5 Å². The topological polar surface area (TPSA) is 130 Å². The second-order valence-electron chi connectivity index (χ2n) is 7.91. The lowest BCUT2D eigenvalue weighted by atomic mass is 9.89. The quantitative estimate of drug-likeness (QED) is 0.421. The molecule has 0 aliphatic carbocycles. The first-order chi connectivity index (χ1) is 16.1. The number of aromatic nitrogens is 1. The summed E-state index contributed by atoms with van der Waals surface area (Å²) < 4.78 is 6.70. The average molecular weight is 466 g/mol. The normalized spacial score (nSPS) is 11.5. The number of benzene rings is 2. The van der Waals surface area contributed by atoms with Crippen LogP contribution in [0.25, 0.3) is 11.1 Å². The smallest absolute Gasteiger partial charge is 0.319 e. The van der Waals surface area contributed by atoms with Gasteiger partial charge in [-0.05, 0) is 48.2 Å². The molecule has 1 aromatic heterocycles. The lowest BCUT2D eigenvalue weighted by Crippen LogP contribution is -2.36. The van der Waals surface area contributed by atoms with Crippen LogP contribution in [0.1, 0.15) is 29.2 Å². The highest BCUT2D eigenvalue weighted by Gasteiger charge is 2.26. The summed E-state index contributed by atoms with van der Waals surface area (Å²) in [7, 11) is 2.94. The molecule has 1 atom stereocenters. The fraction of sp³-hybridized carbons (Fsp3) is 0.240. The Kier molecular flexibility index (Phi) is 7.25. The number of carboxylic acid groups (broad SMARTS) is 1. The van der Waals surface area contributed by atoms with Gasteiger partial charge in [0.05, 0.1) is 19.6 Å². The van der Waals surface area contributed by atoms with Crippen molar-refractivity contribution in [2.24, 2.45) is 7.05 Å². The molecule has 34 heavy (non-hydrogen) atoms. The number of carboxylic acids is 1. The van der Waals surface area contributed by atoms with Crippen molar-refractivity contribution < 1.29 is 24.5 Å². The van der Waals surface area contributed by atoms with E-state index in [-0.39, 0.29) is 5.69 Å². The van der Waals surface area contributed by atoms with Crippen LogP contribution in [0, 0.1) is 13.8 Å². The van der Waals surface area contributed by atoms with E-state index in [0.717, 1.165) is 22.3 Å². The number of amides is 2. The summed E-state index contributed by atoms with van der Waals surface area (Å²) in [6.45, 7) is 3.82. The molecule has 3 rings (SSSR count). The Morgan fingerprint density at radius 2 is 1.79 bits per heavy atom. The largest absolute Gasteiger partial charge is 0.505 e. The summed E-state index contributed by atoms with van der Waals surface area (Å²) in [6.07, 6.45) is 0.930. The van der Waals surface area contributed by atoms with Crippen LogP contribution in [0.15, 0.2) is 53.5 Å². The van der Waals surface area contributed by atoms with Crippen molar-refractivity contribution in [3.05, 3.63) is 75.7 Å². The summed E-state index contributed by atoms with van der Waals surface area (Å²) in [6, 6.07) is 10.9. The number of aromatic hydroxyl groups is 1. The number of aliphatic carboxylic acids is 1. The highest BCUT2D eigenvalue weighted by atomic mass is 16.5. The first kappa shape index (κ1) is 24.4. The van der Waals surface area contributed by atoms with Crippen LogP contribution < -0.4 is 20.9 Å². The zero-order valence-electron chi connectivity index (χ0n) is 19.4. The van der Waals surface area contributed by atoms with Gasteiger partial charge in [0.2, 0.25) is 0 Å².